The molecule has 0 aliphatic heterocycles. The number of hydrogen-bond donors (Lipinski definition) is 0. The van der Waals surface area contributed by atoms with Gasteiger partial charge in [0.25, 0.3) is 0 Å². The second kappa shape index (κ2) is 6.37. The average molecular weight is 244 g/mol. The van der Waals surface area contributed by atoms with Crippen molar-refractivity contribution in [3.63, 3.8) is 0 Å². The molecule has 0 saturated heterocycles. The van der Waals surface area contributed by atoms with Gasteiger partial charge < -0.3 is 9.47 Å². The van der Waals surface area contributed by atoms with Crippen LogP contribution in [0.5, 0.6) is 0 Å². The van der Waals surface area contributed by atoms with E-state index in [9.17, 15) is 14.4 Å². The number of carbonyl (C=O) groups is 3. The Hall–Kier alpha value is -1.39. The van der Waals surface area contributed by atoms with Gasteiger partial charge in [0.05, 0.1) is 6.61 Å². The van der Waals surface area contributed by atoms with Crippen molar-refractivity contribution in [2.45, 2.75) is 41.0 Å². The maximum atomic E-state index is 11.9. The van der Waals surface area contributed by atoms with Gasteiger partial charge in [-0.15, -0.1) is 0 Å². The molecule has 0 saturated carbocycles. The molecule has 0 aromatic rings. The van der Waals surface area contributed by atoms with Crippen molar-refractivity contribution in [3.05, 3.63) is 0 Å². The summed E-state index contributed by atoms with van der Waals surface area (Å²) in [6.07, 6.45) is 0.232. The van der Waals surface area contributed by atoms with Crippen LogP contribution in [0.15, 0.2) is 0 Å². The smallest absolute Gasteiger partial charge is 0.331 e. The monoisotopic (exact) mass is 244 g/mol. The SMILES string of the molecule is CCOC(=O)[C@@](CC)(C(=O)OC(C)=O)C(C)C. The molecule has 0 rings (SSSR count). The third-order valence-corrected chi connectivity index (χ3v) is 2.78. The molecule has 0 aliphatic carbocycles. The lowest BCUT2D eigenvalue weighted by Crippen LogP contribution is -2.46. The summed E-state index contributed by atoms with van der Waals surface area (Å²) in [6.45, 7) is 8.11. The first kappa shape index (κ1) is 15.6. The highest BCUT2D eigenvalue weighted by Crippen LogP contribution is 2.34. The van der Waals surface area contributed by atoms with Crippen LogP contribution in [-0.4, -0.2) is 24.5 Å². The molecule has 0 aliphatic rings. The Morgan fingerprint density at radius 1 is 1.12 bits per heavy atom. The van der Waals surface area contributed by atoms with E-state index in [4.69, 9.17) is 4.74 Å². The van der Waals surface area contributed by atoms with E-state index in [1.54, 1.807) is 27.7 Å². The summed E-state index contributed by atoms with van der Waals surface area (Å²) < 4.78 is 9.47. The Labute approximate surface area is 101 Å². The molecule has 0 heterocycles. The number of ether oxygens (including phenoxy) is 2. The summed E-state index contributed by atoms with van der Waals surface area (Å²) in [4.78, 5) is 34.7. The summed E-state index contributed by atoms with van der Waals surface area (Å²) in [6, 6.07) is 0. The van der Waals surface area contributed by atoms with Crippen molar-refractivity contribution < 1.29 is 23.9 Å². The van der Waals surface area contributed by atoms with E-state index in [1.807, 2.05) is 0 Å². The highest BCUT2D eigenvalue weighted by atomic mass is 16.6. The summed E-state index contributed by atoms with van der Waals surface area (Å²) in [5.41, 5.74) is -1.40. The van der Waals surface area contributed by atoms with Crippen molar-refractivity contribution in [2.24, 2.45) is 11.3 Å². The molecule has 0 radical (unpaired) electrons. The van der Waals surface area contributed by atoms with Crippen LogP contribution < -0.4 is 0 Å². The maximum Gasteiger partial charge on any atom is 0.331 e. The Bertz CT molecular complexity index is 308. The molecule has 17 heavy (non-hydrogen) atoms. The Balaban J connectivity index is 5.28. The van der Waals surface area contributed by atoms with Crippen LogP contribution in [-0.2, 0) is 23.9 Å². The fourth-order valence-corrected chi connectivity index (χ4v) is 1.73. The first-order chi connectivity index (χ1) is 7.82. The van der Waals surface area contributed by atoms with Gasteiger partial charge in [0.2, 0.25) is 0 Å². The fourth-order valence-electron chi connectivity index (χ4n) is 1.73. The second-order valence-corrected chi connectivity index (χ2v) is 4.08. The van der Waals surface area contributed by atoms with E-state index in [0.29, 0.717) is 0 Å². The van der Waals surface area contributed by atoms with Crippen molar-refractivity contribution in [2.75, 3.05) is 6.61 Å². The molecule has 0 aromatic heterocycles. The molecule has 0 aromatic carbocycles. The van der Waals surface area contributed by atoms with Crippen molar-refractivity contribution in [1.29, 1.82) is 0 Å². The van der Waals surface area contributed by atoms with Gasteiger partial charge >= 0.3 is 17.9 Å². The largest absolute Gasteiger partial charge is 0.465 e. The molecule has 0 amide bonds. The quantitative estimate of drug-likeness (QED) is 0.543. The van der Waals surface area contributed by atoms with Crippen LogP contribution in [0.3, 0.4) is 0 Å². The minimum atomic E-state index is -1.40. The number of hydrogen-bond acceptors (Lipinski definition) is 5. The van der Waals surface area contributed by atoms with Crippen LogP contribution in [0.2, 0.25) is 0 Å². The normalized spacial score (nSPS) is 14.0. The minimum Gasteiger partial charge on any atom is -0.465 e. The first-order valence-corrected chi connectivity index (χ1v) is 5.72. The van der Waals surface area contributed by atoms with Crippen molar-refractivity contribution in [3.8, 4) is 0 Å². The lowest BCUT2D eigenvalue weighted by Gasteiger charge is -2.30. The minimum absolute atomic E-state index is 0.181. The highest BCUT2D eigenvalue weighted by Gasteiger charge is 2.50. The number of esters is 3. The van der Waals surface area contributed by atoms with Gasteiger partial charge in [-0.25, -0.2) is 0 Å². The molecule has 98 valence electrons. The summed E-state index contributed by atoms with van der Waals surface area (Å²) in [7, 11) is 0. The zero-order valence-corrected chi connectivity index (χ0v) is 11.0. The molecule has 5 heteroatoms. The fraction of sp³-hybridized carbons (Fsp3) is 0.750. The highest BCUT2D eigenvalue weighted by molar-refractivity contribution is 6.03. The van der Waals surface area contributed by atoms with E-state index in [0.717, 1.165) is 6.92 Å². The van der Waals surface area contributed by atoms with Crippen LogP contribution in [0.1, 0.15) is 41.0 Å². The van der Waals surface area contributed by atoms with E-state index < -0.39 is 23.3 Å². The Morgan fingerprint density at radius 2 is 1.65 bits per heavy atom. The second-order valence-electron chi connectivity index (χ2n) is 4.08. The van der Waals surface area contributed by atoms with Gasteiger partial charge in [0.15, 0.2) is 5.41 Å². The third kappa shape index (κ3) is 3.28. The predicted molar refractivity (Wildman–Crippen MR) is 61.0 cm³/mol. The summed E-state index contributed by atoms with van der Waals surface area (Å²) >= 11 is 0. The van der Waals surface area contributed by atoms with Gasteiger partial charge in [-0.1, -0.05) is 20.8 Å². The molecule has 0 fully saturated rings. The van der Waals surface area contributed by atoms with Gasteiger partial charge in [-0.05, 0) is 19.3 Å². The zero-order chi connectivity index (χ0) is 13.6. The summed E-state index contributed by atoms with van der Waals surface area (Å²) in [5.74, 6) is -2.50. The standard InChI is InChI=1S/C12H20O5/c1-6-12(8(3)4,10(14)16-7-2)11(15)17-9(5)13/h8H,6-7H2,1-5H3/t12-/m0/s1. The van der Waals surface area contributed by atoms with Gasteiger partial charge in [-0.3, -0.25) is 14.4 Å². The third-order valence-electron chi connectivity index (χ3n) is 2.78. The lowest BCUT2D eigenvalue weighted by atomic mass is 9.75. The van der Waals surface area contributed by atoms with E-state index in [-0.39, 0.29) is 18.9 Å². The van der Waals surface area contributed by atoms with Gasteiger partial charge in [-0.2, -0.15) is 0 Å². The molecule has 1 atom stereocenters. The predicted octanol–water partition coefficient (Wildman–Crippen LogP) is 1.69. The van der Waals surface area contributed by atoms with Crippen LogP contribution in [0.4, 0.5) is 0 Å². The molecule has 5 nitrogen and oxygen atoms in total. The maximum absolute atomic E-state index is 11.9. The van der Waals surface area contributed by atoms with Crippen molar-refractivity contribution in [1.82, 2.24) is 0 Å². The first-order valence-electron chi connectivity index (χ1n) is 5.72. The van der Waals surface area contributed by atoms with Crippen molar-refractivity contribution >= 4 is 17.9 Å². The molecule has 0 bridgehead atoms. The van der Waals surface area contributed by atoms with Crippen LogP contribution >= 0.6 is 0 Å². The lowest BCUT2D eigenvalue weighted by molar-refractivity contribution is -0.179. The van der Waals surface area contributed by atoms with Gasteiger partial charge in [0, 0.05) is 6.92 Å². The van der Waals surface area contributed by atoms with Gasteiger partial charge in [0.1, 0.15) is 0 Å². The van der Waals surface area contributed by atoms with Crippen LogP contribution in [0, 0.1) is 11.3 Å². The molecular formula is C12H20O5. The molecule has 0 spiro atoms. The number of carbonyl (C=O) groups excluding carboxylic acids is 3. The number of rotatable bonds is 5. The molecule has 0 unspecified atom stereocenters. The summed E-state index contributed by atoms with van der Waals surface area (Å²) in [5, 5.41) is 0. The Kier molecular flexibility index (Phi) is 5.85. The molecular weight excluding hydrogens is 224 g/mol. The average Bonchev–Trinajstić information content (AvgIpc) is 2.17. The van der Waals surface area contributed by atoms with E-state index in [2.05, 4.69) is 4.74 Å². The van der Waals surface area contributed by atoms with E-state index in [1.165, 1.54) is 0 Å². The topological polar surface area (TPSA) is 69.7 Å². The van der Waals surface area contributed by atoms with E-state index >= 15 is 0 Å². The van der Waals surface area contributed by atoms with Crippen LogP contribution in [0.25, 0.3) is 0 Å². The molecule has 0 N–H and O–H groups in total. The zero-order valence-electron chi connectivity index (χ0n) is 11.0. The Morgan fingerprint density at radius 3 is 1.94 bits per heavy atom.